The third kappa shape index (κ3) is 4.11. The molecule has 0 heterocycles. The molecule has 9 heteroatoms. The minimum atomic E-state index is -4.74. The van der Waals surface area contributed by atoms with Crippen molar-refractivity contribution in [3.8, 4) is 11.1 Å². The lowest BCUT2D eigenvalue weighted by Gasteiger charge is -2.16. The van der Waals surface area contributed by atoms with Crippen LogP contribution >= 0.6 is 0 Å². The Kier molecular flexibility index (Phi) is 4.81. The van der Waals surface area contributed by atoms with Crippen LogP contribution in [-0.2, 0) is 17.1 Å². The Bertz CT molecular complexity index is 778. The first-order chi connectivity index (χ1) is 11.4. The second-order valence-corrected chi connectivity index (χ2v) is 5.12. The number of aliphatic hydroxyl groups excluding tert-OH is 1. The molecule has 2 N–H and O–H groups in total. The van der Waals surface area contributed by atoms with Crippen molar-refractivity contribution in [1.29, 1.82) is 0 Å². The Balaban J connectivity index is 2.61. The van der Waals surface area contributed by atoms with E-state index in [1.54, 1.807) is 0 Å². The van der Waals surface area contributed by atoms with Gasteiger partial charge in [0, 0.05) is 0 Å². The van der Waals surface area contributed by atoms with Gasteiger partial charge in [0.2, 0.25) is 0 Å². The molecule has 0 saturated carbocycles. The fraction of sp³-hybridized carbons (Fsp3) is 0.188. The Morgan fingerprint density at radius 2 is 1.32 bits per heavy atom. The molecule has 0 bridgehead atoms. The molecule has 2 aromatic rings. The smallest absolute Gasteiger partial charge is 0.416 e. The molecule has 0 radical (unpaired) electrons. The van der Waals surface area contributed by atoms with E-state index in [4.69, 9.17) is 5.11 Å². The second-order valence-electron chi connectivity index (χ2n) is 5.12. The van der Waals surface area contributed by atoms with Crippen molar-refractivity contribution in [2.24, 2.45) is 0 Å². The summed E-state index contributed by atoms with van der Waals surface area (Å²) >= 11 is 0. The van der Waals surface area contributed by atoms with Crippen LogP contribution in [0, 0.1) is 0 Å². The van der Waals surface area contributed by atoms with Crippen molar-refractivity contribution < 1.29 is 41.4 Å². The van der Waals surface area contributed by atoms with Crippen LogP contribution in [0.5, 0.6) is 0 Å². The number of benzene rings is 2. The van der Waals surface area contributed by atoms with E-state index < -0.39 is 35.6 Å². The molecule has 134 valence electrons. The summed E-state index contributed by atoms with van der Waals surface area (Å²) in [5.41, 5.74) is -2.90. The van der Waals surface area contributed by atoms with Gasteiger partial charge in [0.15, 0.2) is 6.10 Å². The molecule has 0 spiro atoms. The molecule has 0 aromatic heterocycles. The maximum atomic E-state index is 12.9. The molecule has 0 aliphatic carbocycles. The summed E-state index contributed by atoms with van der Waals surface area (Å²) in [5, 5.41) is 18.5. The van der Waals surface area contributed by atoms with Crippen molar-refractivity contribution in [3.05, 3.63) is 59.2 Å². The zero-order chi connectivity index (χ0) is 19.0. The fourth-order valence-corrected chi connectivity index (χ4v) is 2.19. The highest BCUT2D eigenvalue weighted by Gasteiger charge is 2.33. The number of aliphatic hydroxyl groups is 1. The average Bonchev–Trinajstić information content (AvgIpc) is 2.52. The summed E-state index contributed by atoms with van der Waals surface area (Å²) in [6.45, 7) is 0. The SMILES string of the molecule is O=C(O)C(O)c1ccc(C(F)(F)F)cc1-c1ccc(C(F)(F)F)cc1. The van der Waals surface area contributed by atoms with Gasteiger partial charge in [-0.15, -0.1) is 0 Å². The molecule has 25 heavy (non-hydrogen) atoms. The van der Waals surface area contributed by atoms with E-state index >= 15 is 0 Å². The Hall–Kier alpha value is -2.55. The van der Waals surface area contributed by atoms with Crippen LogP contribution < -0.4 is 0 Å². The number of halogens is 6. The highest BCUT2D eigenvalue weighted by Crippen LogP contribution is 2.37. The molecular formula is C16H10F6O3. The van der Waals surface area contributed by atoms with Crippen molar-refractivity contribution in [2.45, 2.75) is 18.5 Å². The van der Waals surface area contributed by atoms with Crippen LogP contribution in [0.2, 0.25) is 0 Å². The summed E-state index contributed by atoms with van der Waals surface area (Å²) in [7, 11) is 0. The molecule has 2 aromatic carbocycles. The van der Waals surface area contributed by atoms with E-state index in [0.29, 0.717) is 24.3 Å². The Labute approximate surface area is 137 Å². The van der Waals surface area contributed by atoms with Crippen LogP contribution in [0.3, 0.4) is 0 Å². The molecule has 1 atom stereocenters. The van der Waals surface area contributed by atoms with Gasteiger partial charge in [-0.1, -0.05) is 18.2 Å². The van der Waals surface area contributed by atoms with Crippen LogP contribution in [0.25, 0.3) is 11.1 Å². The van der Waals surface area contributed by atoms with E-state index in [9.17, 15) is 36.2 Å². The van der Waals surface area contributed by atoms with Gasteiger partial charge >= 0.3 is 18.3 Å². The maximum absolute atomic E-state index is 12.9. The second kappa shape index (κ2) is 6.40. The van der Waals surface area contributed by atoms with Gasteiger partial charge < -0.3 is 10.2 Å². The molecule has 0 amide bonds. The zero-order valence-corrected chi connectivity index (χ0v) is 12.2. The predicted molar refractivity (Wildman–Crippen MR) is 74.5 cm³/mol. The minimum absolute atomic E-state index is 0.0885. The largest absolute Gasteiger partial charge is 0.479 e. The van der Waals surface area contributed by atoms with Crippen molar-refractivity contribution in [1.82, 2.24) is 0 Å². The minimum Gasteiger partial charge on any atom is -0.479 e. The Morgan fingerprint density at radius 3 is 1.76 bits per heavy atom. The van der Waals surface area contributed by atoms with Gasteiger partial charge in [-0.2, -0.15) is 26.3 Å². The molecule has 3 nitrogen and oxygen atoms in total. The monoisotopic (exact) mass is 364 g/mol. The molecule has 0 fully saturated rings. The van der Waals surface area contributed by atoms with Gasteiger partial charge in [-0.25, -0.2) is 4.79 Å². The summed E-state index contributed by atoms with van der Waals surface area (Å²) in [6.07, 6.45) is -11.5. The number of hydrogen-bond donors (Lipinski definition) is 2. The summed E-state index contributed by atoms with van der Waals surface area (Å²) < 4.78 is 76.4. The average molecular weight is 364 g/mol. The molecule has 2 rings (SSSR count). The first kappa shape index (κ1) is 18.8. The number of rotatable bonds is 3. The first-order valence-electron chi connectivity index (χ1n) is 6.71. The van der Waals surface area contributed by atoms with Crippen molar-refractivity contribution in [2.75, 3.05) is 0 Å². The third-order valence-electron chi connectivity index (χ3n) is 3.43. The van der Waals surface area contributed by atoms with E-state index in [1.807, 2.05) is 0 Å². The molecule has 1 unspecified atom stereocenters. The topological polar surface area (TPSA) is 57.5 Å². The van der Waals surface area contributed by atoms with Crippen molar-refractivity contribution >= 4 is 5.97 Å². The highest BCUT2D eigenvalue weighted by atomic mass is 19.4. The van der Waals surface area contributed by atoms with Crippen LogP contribution in [0.15, 0.2) is 42.5 Å². The molecular weight excluding hydrogens is 354 g/mol. The fourth-order valence-electron chi connectivity index (χ4n) is 2.19. The number of carboxylic acid groups (broad SMARTS) is 1. The van der Waals surface area contributed by atoms with Gasteiger partial charge in [0.1, 0.15) is 0 Å². The maximum Gasteiger partial charge on any atom is 0.416 e. The highest BCUT2D eigenvalue weighted by molar-refractivity contribution is 5.80. The molecule has 0 saturated heterocycles. The number of hydrogen-bond acceptors (Lipinski definition) is 2. The number of aliphatic carboxylic acids is 1. The summed E-state index contributed by atoms with van der Waals surface area (Å²) in [6, 6.07) is 5.11. The Morgan fingerprint density at radius 1 is 0.840 bits per heavy atom. The quantitative estimate of drug-likeness (QED) is 0.788. The van der Waals surface area contributed by atoms with E-state index in [1.165, 1.54) is 0 Å². The molecule has 0 aliphatic rings. The molecule has 0 aliphatic heterocycles. The third-order valence-corrected chi connectivity index (χ3v) is 3.43. The number of alkyl halides is 6. The lowest BCUT2D eigenvalue weighted by Crippen LogP contribution is -2.13. The standard InChI is InChI=1S/C16H10F6O3/c17-15(18,19)9-3-1-8(2-4-9)12-7-10(16(20,21)22)5-6-11(12)13(23)14(24)25/h1-7,13,23H,(H,24,25). The van der Waals surface area contributed by atoms with Gasteiger partial charge in [0.25, 0.3) is 0 Å². The van der Waals surface area contributed by atoms with E-state index in [2.05, 4.69) is 0 Å². The number of carbonyl (C=O) groups is 1. The van der Waals surface area contributed by atoms with Gasteiger partial charge in [-0.05, 0) is 41.0 Å². The lowest BCUT2D eigenvalue weighted by molar-refractivity contribution is -0.147. The van der Waals surface area contributed by atoms with E-state index in [0.717, 1.165) is 18.2 Å². The lowest BCUT2D eigenvalue weighted by atomic mass is 9.93. The van der Waals surface area contributed by atoms with Gasteiger partial charge in [-0.3, -0.25) is 0 Å². The zero-order valence-electron chi connectivity index (χ0n) is 12.2. The summed E-state index contributed by atoms with van der Waals surface area (Å²) in [5.74, 6) is -1.70. The normalized spacial score (nSPS) is 13.6. The van der Waals surface area contributed by atoms with Crippen LogP contribution in [0.4, 0.5) is 26.3 Å². The van der Waals surface area contributed by atoms with Crippen LogP contribution in [0.1, 0.15) is 22.8 Å². The summed E-state index contributed by atoms with van der Waals surface area (Å²) in [4.78, 5) is 10.9. The van der Waals surface area contributed by atoms with Crippen LogP contribution in [-0.4, -0.2) is 16.2 Å². The van der Waals surface area contributed by atoms with E-state index in [-0.39, 0.29) is 16.7 Å². The van der Waals surface area contributed by atoms with Gasteiger partial charge in [0.05, 0.1) is 11.1 Å². The first-order valence-corrected chi connectivity index (χ1v) is 6.71. The predicted octanol–water partition coefficient (Wildman–Crippen LogP) is 4.51. The van der Waals surface area contributed by atoms with Crippen molar-refractivity contribution in [3.63, 3.8) is 0 Å². The number of carboxylic acids is 1.